The summed E-state index contributed by atoms with van der Waals surface area (Å²) in [4.78, 5) is 2.41. The fourth-order valence-electron chi connectivity index (χ4n) is 9.48. The summed E-state index contributed by atoms with van der Waals surface area (Å²) < 4.78 is 18.7. The van der Waals surface area contributed by atoms with Crippen LogP contribution in [0, 0.1) is 0 Å². The Morgan fingerprint density at radius 1 is 0.390 bits per heavy atom. The van der Waals surface area contributed by atoms with Gasteiger partial charge < -0.3 is 18.3 Å². The lowest BCUT2D eigenvalue weighted by atomic mass is 9.98. The molecule has 0 bridgehead atoms. The Kier molecular flexibility index (Phi) is 6.85. The van der Waals surface area contributed by atoms with Crippen molar-refractivity contribution >= 4 is 114 Å². The third-order valence-corrected chi connectivity index (χ3v) is 13.1. The van der Waals surface area contributed by atoms with Crippen LogP contribution in [0.25, 0.3) is 103 Å². The molecule has 13 aromatic rings. The quantitative estimate of drug-likeness (QED) is 0.175. The van der Waals surface area contributed by atoms with Crippen LogP contribution >= 0.6 is 11.3 Å². The summed E-state index contributed by atoms with van der Waals surface area (Å²) >= 11 is 1.83. The molecule has 0 saturated carbocycles. The largest absolute Gasteiger partial charge is 0.455 e. The van der Waals surface area contributed by atoms with Crippen LogP contribution in [-0.4, -0.2) is 4.57 Å². The average Bonchev–Trinajstić information content (AvgIpc) is 4.06. The number of thiophene rings is 1. The summed E-state index contributed by atoms with van der Waals surface area (Å²) in [5, 5.41) is 9.21. The van der Waals surface area contributed by atoms with Crippen LogP contribution in [0.5, 0.6) is 0 Å². The highest BCUT2D eigenvalue weighted by Crippen LogP contribution is 2.51. The molecule has 4 nitrogen and oxygen atoms in total. The predicted molar refractivity (Wildman–Crippen MR) is 248 cm³/mol. The molecule has 5 heteroatoms. The zero-order chi connectivity index (χ0) is 38.6. The van der Waals surface area contributed by atoms with Crippen molar-refractivity contribution in [1.29, 1.82) is 0 Å². The van der Waals surface area contributed by atoms with E-state index in [4.69, 9.17) is 8.83 Å². The number of benzene rings is 9. The monoisotopic (exact) mass is 772 g/mol. The Labute approximate surface area is 342 Å². The number of hydrogen-bond acceptors (Lipinski definition) is 4. The highest BCUT2D eigenvalue weighted by Gasteiger charge is 2.27. The Morgan fingerprint density at radius 2 is 0.966 bits per heavy atom. The smallest absolute Gasteiger partial charge is 0.159 e. The van der Waals surface area contributed by atoms with E-state index in [9.17, 15) is 0 Å². The minimum absolute atomic E-state index is 0.840. The first-order valence-corrected chi connectivity index (χ1v) is 20.7. The van der Waals surface area contributed by atoms with Gasteiger partial charge in [0.05, 0.1) is 33.5 Å². The van der Waals surface area contributed by atoms with E-state index in [0.29, 0.717) is 0 Å². The Balaban J connectivity index is 1.11. The van der Waals surface area contributed by atoms with Crippen LogP contribution in [0.4, 0.5) is 17.1 Å². The standard InChI is InChI=1S/C54H32N2O2S/c1-6-22-42-36(16-1)37-17-2-7-23-43(37)55(42)34-15-11-14-33(32-34)35-30-31-45(52-40-19-4-9-27-48(40)58-54(35)52)56(44-24-13-29-50-51(44)41-20-5-10-28-49(41)59-50)46-25-12-21-39-38-18-3-8-26-47(38)57-53(39)46/h1-32H. The maximum Gasteiger partial charge on any atom is 0.159 e. The van der Waals surface area contributed by atoms with Crippen molar-refractivity contribution in [2.45, 2.75) is 0 Å². The van der Waals surface area contributed by atoms with Gasteiger partial charge in [0.2, 0.25) is 0 Å². The van der Waals surface area contributed by atoms with E-state index in [-0.39, 0.29) is 0 Å². The van der Waals surface area contributed by atoms with Gasteiger partial charge >= 0.3 is 0 Å². The van der Waals surface area contributed by atoms with Crippen LogP contribution < -0.4 is 4.90 Å². The Morgan fingerprint density at radius 3 is 1.78 bits per heavy atom. The molecule has 0 N–H and O–H groups in total. The van der Waals surface area contributed by atoms with Crippen molar-refractivity contribution in [2.24, 2.45) is 0 Å². The van der Waals surface area contributed by atoms with E-state index in [1.54, 1.807) is 0 Å². The summed E-state index contributed by atoms with van der Waals surface area (Å²) in [7, 11) is 0. The summed E-state index contributed by atoms with van der Waals surface area (Å²) in [5.41, 5.74) is 12.0. The van der Waals surface area contributed by atoms with E-state index in [1.807, 2.05) is 17.4 Å². The SMILES string of the molecule is c1cc(-c2ccc(N(c3cccc4c3oc3ccccc34)c3cccc4sc5ccccc5c34)c3c2oc2ccccc23)cc(-n2c3ccccc3c3ccccc32)c1. The van der Waals surface area contributed by atoms with Crippen molar-refractivity contribution in [2.75, 3.05) is 4.90 Å². The molecule has 0 unspecified atom stereocenters. The Hall–Kier alpha value is -7.60. The molecule has 0 fully saturated rings. The van der Waals surface area contributed by atoms with E-state index in [2.05, 4.69) is 198 Å². The van der Waals surface area contributed by atoms with Crippen molar-refractivity contribution in [3.05, 3.63) is 194 Å². The second-order valence-corrected chi connectivity index (χ2v) is 16.3. The molecule has 0 atom stereocenters. The zero-order valence-corrected chi connectivity index (χ0v) is 32.4. The highest BCUT2D eigenvalue weighted by molar-refractivity contribution is 7.26. The highest BCUT2D eigenvalue weighted by atomic mass is 32.1. The van der Waals surface area contributed by atoms with Gasteiger partial charge in [0, 0.05) is 58.4 Å². The van der Waals surface area contributed by atoms with E-state index in [1.165, 1.54) is 42.0 Å². The normalized spacial score (nSPS) is 12.1. The third-order valence-electron chi connectivity index (χ3n) is 12.0. The molecule has 0 aliphatic heterocycles. The number of rotatable bonds is 5. The van der Waals surface area contributed by atoms with Crippen molar-refractivity contribution < 1.29 is 8.83 Å². The van der Waals surface area contributed by atoms with E-state index >= 15 is 0 Å². The lowest BCUT2D eigenvalue weighted by Crippen LogP contribution is -2.11. The molecule has 13 rings (SSSR count). The first-order valence-electron chi connectivity index (χ1n) is 19.9. The molecule has 0 aliphatic carbocycles. The van der Waals surface area contributed by atoms with Gasteiger partial charge in [-0.25, -0.2) is 0 Å². The van der Waals surface area contributed by atoms with Crippen LogP contribution in [0.2, 0.25) is 0 Å². The van der Waals surface area contributed by atoms with Gasteiger partial charge in [-0.3, -0.25) is 0 Å². The first kappa shape index (κ1) is 32.5. The number of hydrogen-bond donors (Lipinski definition) is 0. The zero-order valence-electron chi connectivity index (χ0n) is 31.6. The van der Waals surface area contributed by atoms with E-state index in [0.717, 1.165) is 77.8 Å². The maximum atomic E-state index is 7.00. The van der Waals surface area contributed by atoms with Gasteiger partial charge in [-0.15, -0.1) is 11.3 Å². The molecule has 0 aliphatic rings. The van der Waals surface area contributed by atoms with Gasteiger partial charge in [-0.2, -0.15) is 0 Å². The summed E-state index contributed by atoms with van der Waals surface area (Å²) in [6.07, 6.45) is 0. The summed E-state index contributed by atoms with van der Waals surface area (Å²) in [6.45, 7) is 0. The molecule has 0 spiro atoms. The third kappa shape index (κ3) is 4.71. The fourth-order valence-corrected chi connectivity index (χ4v) is 10.6. The number of furan rings is 2. The first-order chi connectivity index (χ1) is 29.3. The van der Waals surface area contributed by atoms with Gasteiger partial charge in [-0.05, 0) is 78.4 Å². The molecule has 276 valence electrons. The fraction of sp³-hybridized carbons (Fsp3) is 0. The summed E-state index contributed by atoms with van der Waals surface area (Å²) in [5.74, 6) is 0. The van der Waals surface area contributed by atoms with Crippen molar-refractivity contribution in [1.82, 2.24) is 4.57 Å². The van der Waals surface area contributed by atoms with Crippen LogP contribution in [-0.2, 0) is 0 Å². The van der Waals surface area contributed by atoms with Crippen molar-refractivity contribution in [3.8, 4) is 16.8 Å². The van der Waals surface area contributed by atoms with Crippen molar-refractivity contribution in [3.63, 3.8) is 0 Å². The minimum atomic E-state index is 0.840. The molecular formula is C54H32N2O2S. The van der Waals surface area contributed by atoms with Gasteiger partial charge in [0.25, 0.3) is 0 Å². The van der Waals surface area contributed by atoms with Gasteiger partial charge in [0.1, 0.15) is 16.7 Å². The van der Waals surface area contributed by atoms with Crippen LogP contribution in [0.1, 0.15) is 0 Å². The summed E-state index contributed by atoms with van der Waals surface area (Å²) in [6, 6.07) is 69.3. The second kappa shape index (κ2) is 12.4. The minimum Gasteiger partial charge on any atom is -0.455 e. The number of fused-ring (bicyclic) bond motifs is 12. The molecule has 4 aromatic heterocycles. The molecule has 0 amide bonds. The second-order valence-electron chi connectivity index (χ2n) is 15.2. The maximum absolute atomic E-state index is 7.00. The van der Waals surface area contributed by atoms with E-state index < -0.39 is 0 Å². The molecule has 59 heavy (non-hydrogen) atoms. The number of aromatic nitrogens is 1. The number of nitrogens with zero attached hydrogens (tertiary/aromatic N) is 2. The van der Waals surface area contributed by atoms with Gasteiger partial charge in [0.15, 0.2) is 5.58 Å². The molecule has 9 aromatic carbocycles. The molecule has 0 saturated heterocycles. The van der Waals surface area contributed by atoms with Crippen LogP contribution in [0.3, 0.4) is 0 Å². The lowest BCUT2D eigenvalue weighted by Gasteiger charge is -2.27. The number of anilines is 3. The molecule has 4 heterocycles. The molecule has 0 radical (unpaired) electrons. The predicted octanol–water partition coefficient (Wildman–Crippen LogP) is 16.1. The molecular weight excluding hydrogens is 741 g/mol. The van der Waals surface area contributed by atoms with Gasteiger partial charge in [-0.1, -0.05) is 121 Å². The lowest BCUT2D eigenvalue weighted by molar-refractivity contribution is 0.668. The topological polar surface area (TPSA) is 34.5 Å². The Bertz CT molecular complexity index is 3770. The number of para-hydroxylation sites is 5. The average molecular weight is 773 g/mol. The van der Waals surface area contributed by atoms with Crippen LogP contribution in [0.15, 0.2) is 203 Å².